The number of rotatable bonds is 6. The fourth-order valence-electron chi connectivity index (χ4n) is 2.06. The van der Waals surface area contributed by atoms with Gasteiger partial charge in [0.15, 0.2) is 0 Å². The van der Waals surface area contributed by atoms with Crippen molar-refractivity contribution in [2.24, 2.45) is 5.92 Å². The topological polar surface area (TPSA) is 67.4 Å². The Kier molecular flexibility index (Phi) is 6.83. The molecule has 2 amide bonds. The molecule has 0 saturated carbocycles. The third-order valence-electron chi connectivity index (χ3n) is 3.22. The maximum Gasteiger partial charge on any atom is 0.411 e. The number of carbonyl (C=O) groups is 2. The summed E-state index contributed by atoms with van der Waals surface area (Å²) in [5.41, 5.74) is 2.02. The van der Waals surface area contributed by atoms with Crippen molar-refractivity contribution in [1.82, 2.24) is 0 Å². The summed E-state index contributed by atoms with van der Waals surface area (Å²) in [4.78, 5) is 23.8. The maximum absolute atomic E-state index is 12.1. The van der Waals surface area contributed by atoms with Gasteiger partial charge in [-0.1, -0.05) is 43.6 Å². The average molecular weight is 361 g/mol. The lowest BCUT2D eigenvalue weighted by Gasteiger charge is -2.10. The number of amides is 2. The van der Waals surface area contributed by atoms with Crippen molar-refractivity contribution in [3.05, 3.63) is 59.1 Å². The van der Waals surface area contributed by atoms with Crippen LogP contribution in [0, 0.1) is 5.92 Å². The van der Waals surface area contributed by atoms with Gasteiger partial charge in [0.25, 0.3) is 0 Å². The minimum atomic E-state index is -0.515. The van der Waals surface area contributed by atoms with Gasteiger partial charge in [0.05, 0.1) is 13.0 Å². The number of hydrogen-bond acceptors (Lipinski definition) is 3. The fraction of sp³-hybridized carbons (Fsp3) is 0.263. The molecule has 2 N–H and O–H groups in total. The van der Waals surface area contributed by atoms with E-state index in [0.29, 0.717) is 23.0 Å². The Morgan fingerprint density at radius 3 is 2.32 bits per heavy atom. The Morgan fingerprint density at radius 1 is 1.04 bits per heavy atom. The van der Waals surface area contributed by atoms with Gasteiger partial charge in [0, 0.05) is 16.4 Å². The molecule has 6 heteroatoms. The van der Waals surface area contributed by atoms with Crippen LogP contribution in [-0.4, -0.2) is 18.6 Å². The summed E-state index contributed by atoms with van der Waals surface area (Å²) in [5.74, 6) is 0.117. The Morgan fingerprint density at radius 2 is 1.68 bits per heavy atom. The van der Waals surface area contributed by atoms with Crippen molar-refractivity contribution < 1.29 is 14.3 Å². The van der Waals surface area contributed by atoms with Crippen LogP contribution in [0.25, 0.3) is 0 Å². The third kappa shape index (κ3) is 6.85. The highest BCUT2D eigenvalue weighted by Gasteiger charge is 2.07. The van der Waals surface area contributed by atoms with E-state index in [2.05, 4.69) is 10.6 Å². The van der Waals surface area contributed by atoms with E-state index in [9.17, 15) is 9.59 Å². The van der Waals surface area contributed by atoms with Crippen LogP contribution in [0.15, 0.2) is 48.5 Å². The van der Waals surface area contributed by atoms with Gasteiger partial charge in [-0.25, -0.2) is 4.79 Å². The molecule has 0 unspecified atom stereocenters. The first-order chi connectivity index (χ1) is 11.9. The molecule has 2 rings (SSSR count). The van der Waals surface area contributed by atoms with E-state index in [-0.39, 0.29) is 18.2 Å². The van der Waals surface area contributed by atoms with E-state index in [1.165, 1.54) is 0 Å². The van der Waals surface area contributed by atoms with Gasteiger partial charge in [0.1, 0.15) is 0 Å². The molecule has 0 saturated heterocycles. The van der Waals surface area contributed by atoms with Crippen LogP contribution >= 0.6 is 11.6 Å². The van der Waals surface area contributed by atoms with Crippen LogP contribution in [0.4, 0.5) is 16.2 Å². The zero-order chi connectivity index (χ0) is 18.2. The molecular weight excluding hydrogens is 340 g/mol. The largest absolute Gasteiger partial charge is 0.449 e. The van der Waals surface area contributed by atoms with Crippen molar-refractivity contribution >= 4 is 35.0 Å². The molecular formula is C19H21ClN2O3. The predicted octanol–water partition coefficient (Wildman–Crippen LogP) is 4.73. The zero-order valence-corrected chi connectivity index (χ0v) is 15.0. The van der Waals surface area contributed by atoms with Gasteiger partial charge >= 0.3 is 6.09 Å². The molecule has 0 aliphatic carbocycles. The lowest BCUT2D eigenvalue weighted by molar-refractivity contribution is -0.115. The van der Waals surface area contributed by atoms with E-state index in [0.717, 1.165) is 5.56 Å². The number of anilines is 2. The molecule has 2 aromatic rings. The minimum absolute atomic E-state index is 0.151. The maximum atomic E-state index is 12.1. The van der Waals surface area contributed by atoms with Gasteiger partial charge in [-0.3, -0.25) is 10.1 Å². The van der Waals surface area contributed by atoms with Crippen LogP contribution in [0.3, 0.4) is 0 Å². The molecule has 132 valence electrons. The lowest BCUT2D eigenvalue weighted by Crippen LogP contribution is -2.17. The van der Waals surface area contributed by atoms with E-state index in [1.807, 2.05) is 26.0 Å². The second-order valence-electron chi connectivity index (χ2n) is 6.05. The monoisotopic (exact) mass is 360 g/mol. The van der Waals surface area contributed by atoms with Gasteiger partial charge in [0.2, 0.25) is 5.91 Å². The molecule has 0 bridgehead atoms. The molecule has 2 aromatic carbocycles. The number of carbonyl (C=O) groups excluding carboxylic acids is 2. The van der Waals surface area contributed by atoms with Crippen LogP contribution < -0.4 is 10.6 Å². The van der Waals surface area contributed by atoms with E-state index in [1.54, 1.807) is 36.4 Å². The number of hydrogen-bond donors (Lipinski definition) is 2. The summed E-state index contributed by atoms with van der Waals surface area (Å²) in [6.07, 6.45) is -0.274. The normalized spacial score (nSPS) is 10.4. The average Bonchev–Trinajstić information content (AvgIpc) is 2.55. The van der Waals surface area contributed by atoms with Crippen LogP contribution in [0.5, 0.6) is 0 Å². The first kappa shape index (κ1) is 18.8. The Bertz CT molecular complexity index is 730. The second kappa shape index (κ2) is 9.08. The molecule has 0 heterocycles. The number of nitrogens with one attached hydrogen (secondary N) is 2. The van der Waals surface area contributed by atoms with Crippen LogP contribution in [0.2, 0.25) is 5.02 Å². The smallest absolute Gasteiger partial charge is 0.411 e. The van der Waals surface area contributed by atoms with Crippen molar-refractivity contribution in [1.29, 1.82) is 0 Å². The highest BCUT2D eigenvalue weighted by atomic mass is 35.5. The summed E-state index contributed by atoms with van der Waals surface area (Å²) in [6.45, 7) is 4.28. The van der Waals surface area contributed by atoms with Gasteiger partial charge in [-0.15, -0.1) is 0 Å². The quantitative estimate of drug-likeness (QED) is 0.782. The second-order valence-corrected chi connectivity index (χ2v) is 6.49. The van der Waals surface area contributed by atoms with Crippen molar-refractivity contribution in [3.63, 3.8) is 0 Å². The lowest BCUT2D eigenvalue weighted by atomic mass is 10.1. The number of ether oxygens (including phenoxy) is 1. The number of benzene rings is 2. The molecule has 5 nitrogen and oxygen atoms in total. The molecule has 25 heavy (non-hydrogen) atoms. The Hall–Kier alpha value is -2.53. The molecule has 0 aliphatic heterocycles. The van der Waals surface area contributed by atoms with Gasteiger partial charge in [-0.05, 0) is 41.8 Å². The first-order valence-corrected chi connectivity index (χ1v) is 8.38. The summed E-state index contributed by atoms with van der Waals surface area (Å²) in [7, 11) is 0. The van der Waals surface area contributed by atoms with E-state index >= 15 is 0 Å². The molecule has 0 fully saturated rings. The molecule has 0 aliphatic rings. The summed E-state index contributed by atoms with van der Waals surface area (Å²) in [5, 5.41) is 6.08. The fourth-order valence-corrected chi connectivity index (χ4v) is 2.19. The Balaban J connectivity index is 1.90. The molecule has 0 spiro atoms. The highest BCUT2D eigenvalue weighted by Crippen LogP contribution is 2.16. The predicted molar refractivity (Wildman–Crippen MR) is 100 cm³/mol. The van der Waals surface area contributed by atoms with E-state index in [4.69, 9.17) is 16.3 Å². The Labute approximate surface area is 152 Å². The first-order valence-electron chi connectivity index (χ1n) is 8.00. The van der Waals surface area contributed by atoms with Crippen molar-refractivity contribution in [2.75, 3.05) is 17.2 Å². The molecule has 0 aromatic heterocycles. The van der Waals surface area contributed by atoms with Gasteiger partial charge in [-0.2, -0.15) is 0 Å². The zero-order valence-electron chi connectivity index (χ0n) is 14.2. The summed E-state index contributed by atoms with van der Waals surface area (Å²) >= 11 is 5.83. The highest BCUT2D eigenvalue weighted by molar-refractivity contribution is 6.30. The minimum Gasteiger partial charge on any atom is -0.449 e. The number of halogens is 1. The SMILES string of the molecule is CC(C)COC(=O)Nc1cccc(NC(=O)Cc2ccc(Cl)cc2)c1. The third-order valence-corrected chi connectivity index (χ3v) is 3.47. The van der Waals surface area contributed by atoms with Crippen molar-refractivity contribution in [3.8, 4) is 0 Å². The van der Waals surface area contributed by atoms with Gasteiger partial charge < -0.3 is 10.1 Å². The van der Waals surface area contributed by atoms with E-state index < -0.39 is 6.09 Å². The summed E-state index contributed by atoms with van der Waals surface area (Å²) in [6, 6.07) is 14.0. The van der Waals surface area contributed by atoms with Crippen LogP contribution in [-0.2, 0) is 16.0 Å². The molecule has 0 atom stereocenters. The standard InChI is InChI=1S/C19H21ClN2O3/c1-13(2)12-25-19(24)22-17-5-3-4-16(11-17)21-18(23)10-14-6-8-15(20)9-7-14/h3-9,11,13H,10,12H2,1-2H3,(H,21,23)(H,22,24). The van der Waals surface area contributed by atoms with Crippen LogP contribution in [0.1, 0.15) is 19.4 Å². The van der Waals surface area contributed by atoms with Crippen molar-refractivity contribution in [2.45, 2.75) is 20.3 Å². The summed E-state index contributed by atoms with van der Waals surface area (Å²) < 4.78 is 5.07. The molecule has 0 radical (unpaired) electrons.